The van der Waals surface area contributed by atoms with E-state index in [1.807, 2.05) is 44.2 Å². The van der Waals surface area contributed by atoms with Gasteiger partial charge in [0, 0.05) is 23.7 Å². The van der Waals surface area contributed by atoms with Crippen LogP contribution in [0.15, 0.2) is 42.7 Å². The van der Waals surface area contributed by atoms with Gasteiger partial charge < -0.3 is 4.43 Å². The summed E-state index contributed by atoms with van der Waals surface area (Å²) in [6.45, 7) is 10.4. The van der Waals surface area contributed by atoms with Gasteiger partial charge in [0.2, 0.25) is 0 Å². The van der Waals surface area contributed by atoms with Crippen molar-refractivity contribution in [1.82, 2.24) is 9.97 Å². The number of aromatic nitrogens is 2. The molecule has 1 atom stereocenters. The van der Waals surface area contributed by atoms with Crippen LogP contribution in [0.5, 0.6) is 0 Å². The largest absolute Gasteiger partial charge is 0.397 e. The fourth-order valence-electron chi connectivity index (χ4n) is 2.13. The van der Waals surface area contributed by atoms with Crippen LogP contribution in [0.2, 0.25) is 19.6 Å². The second kappa shape index (κ2) is 6.43. The van der Waals surface area contributed by atoms with Crippen molar-refractivity contribution in [1.29, 1.82) is 0 Å². The van der Waals surface area contributed by atoms with E-state index in [1.165, 1.54) is 0 Å². The van der Waals surface area contributed by atoms with Crippen LogP contribution in [0, 0.1) is 18.8 Å². The van der Waals surface area contributed by atoms with E-state index in [2.05, 4.69) is 41.4 Å². The first-order valence-corrected chi connectivity index (χ1v) is 10.8. The minimum absolute atomic E-state index is 0.712. The minimum Gasteiger partial charge on any atom is -0.397 e. The minimum atomic E-state index is -1.78. The predicted octanol–water partition coefficient (Wildman–Crippen LogP) is 3.90. The van der Waals surface area contributed by atoms with Gasteiger partial charge in [0.25, 0.3) is 0 Å². The Hall–Kier alpha value is -1.96. The van der Waals surface area contributed by atoms with Crippen molar-refractivity contribution in [2.24, 2.45) is 0 Å². The lowest BCUT2D eigenvalue weighted by atomic mass is 10.0. The number of hydrogen-bond donors (Lipinski definition) is 0. The van der Waals surface area contributed by atoms with E-state index in [4.69, 9.17) is 4.43 Å². The maximum atomic E-state index is 6.34. The molecule has 0 amide bonds. The summed E-state index contributed by atoms with van der Waals surface area (Å²) < 4.78 is 6.34. The molecule has 0 spiro atoms. The summed E-state index contributed by atoms with van der Waals surface area (Å²) in [5.41, 5.74) is 1.99. The summed E-state index contributed by atoms with van der Waals surface area (Å²) >= 11 is 0. The molecule has 0 aliphatic carbocycles. The molecular formula is C18H22N2OSi. The maximum Gasteiger partial charge on any atom is 0.186 e. The molecule has 0 N–H and O–H groups in total. The quantitative estimate of drug-likeness (QED) is 0.637. The van der Waals surface area contributed by atoms with Gasteiger partial charge >= 0.3 is 0 Å². The number of aryl methyl sites for hydroxylation is 1. The van der Waals surface area contributed by atoms with Crippen molar-refractivity contribution < 1.29 is 4.43 Å². The van der Waals surface area contributed by atoms with Crippen molar-refractivity contribution in [3.05, 3.63) is 59.7 Å². The lowest BCUT2D eigenvalue weighted by molar-refractivity contribution is 0.138. The average Bonchev–Trinajstić information content (AvgIpc) is 2.46. The molecule has 0 saturated heterocycles. The van der Waals surface area contributed by atoms with Crippen LogP contribution < -0.4 is 0 Å². The summed E-state index contributed by atoms with van der Waals surface area (Å²) in [6.07, 6.45) is 3.56. The Morgan fingerprint density at radius 1 is 1.09 bits per heavy atom. The van der Waals surface area contributed by atoms with Gasteiger partial charge in [-0.1, -0.05) is 17.9 Å². The topological polar surface area (TPSA) is 35.0 Å². The predicted molar refractivity (Wildman–Crippen MR) is 91.9 cm³/mol. The third-order valence-electron chi connectivity index (χ3n) is 3.02. The molecule has 0 saturated carbocycles. The zero-order chi connectivity index (χ0) is 16.2. The van der Waals surface area contributed by atoms with Gasteiger partial charge in [0.05, 0.1) is 5.69 Å². The fraction of sp³-hybridized carbons (Fsp3) is 0.333. The van der Waals surface area contributed by atoms with Crippen LogP contribution in [0.25, 0.3) is 0 Å². The van der Waals surface area contributed by atoms with E-state index >= 15 is 0 Å². The monoisotopic (exact) mass is 310 g/mol. The highest BCUT2D eigenvalue weighted by atomic mass is 28.4. The van der Waals surface area contributed by atoms with E-state index in [1.54, 1.807) is 12.4 Å². The third-order valence-corrected chi connectivity index (χ3v) is 4.04. The third kappa shape index (κ3) is 4.52. The summed E-state index contributed by atoms with van der Waals surface area (Å²) in [7, 11) is -1.78. The highest BCUT2D eigenvalue weighted by molar-refractivity contribution is 6.69. The number of rotatable bonds is 3. The molecule has 0 aliphatic rings. The molecule has 2 rings (SSSR count). The molecule has 0 aliphatic heterocycles. The molecule has 114 valence electrons. The Bertz CT molecular complexity index is 681. The van der Waals surface area contributed by atoms with Gasteiger partial charge in [-0.25, -0.2) is 0 Å². The molecule has 0 bridgehead atoms. The van der Waals surface area contributed by atoms with Crippen molar-refractivity contribution in [3.8, 4) is 11.8 Å². The van der Waals surface area contributed by atoms with E-state index in [0.29, 0.717) is 0 Å². The van der Waals surface area contributed by atoms with Crippen molar-refractivity contribution in [3.63, 3.8) is 0 Å². The highest BCUT2D eigenvalue weighted by Gasteiger charge is 2.32. The van der Waals surface area contributed by atoms with Gasteiger partial charge in [-0.05, 0) is 57.8 Å². The number of nitrogens with zero attached hydrogens (tertiary/aromatic N) is 2. The lowest BCUT2D eigenvalue weighted by Crippen LogP contribution is -2.38. The van der Waals surface area contributed by atoms with Crippen LogP contribution in [0.3, 0.4) is 0 Å². The second-order valence-corrected chi connectivity index (χ2v) is 10.8. The molecule has 3 nitrogen and oxygen atoms in total. The SMILES string of the molecule is Cc1ccc(C#CC(C)(O[Si](C)(C)C)c2ccccn2)cn1. The van der Waals surface area contributed by atoms with E-state index in [9.17, 15) is 0 Å². The van der Waals surface area contributed by atoms with Gasteiger partial charge in [0.1, 0.15) is 0 Å². The Labute approximate surface area is 133 Å². The van der Waals surface area contributed by atoms with Gasteiger partial charge in [0.15, 0.2) is 13.9 Å². The smallest absolute Gasteiger partial charge is 0.186 e. The molecule has 2 aromatic rings. The first kappa shape index (κ1) is 16.4. The van der Waals surface area contributed by atoms with Crippen molar-refractivity contribution in [2.45, 2.75) is 39.1 Å². The number of pyridine rings is 2. The summed E-state index contributed by atoms with van der Waals surface area (Å²) in [5.74, 6) is 6.44. The Kier molecular flexibility index (Phi) is 4.80. The number of hydrogen-bond acceptors (Lipinski definition) is 3. The Morgan fingerprint density at radius 2 is 1.86 bits per heavy atom. The van der Waals surface area contributed by atoms with E-state index in [0.717, 1.165) is 17.0 Å². The molecule has 1 unspecified atom stereocenters. The van der Waals surface area contributed by atoms with Gasteiger partial charge in [-0.3, -0.25) is 9.97 Å². The van der Waals surface area contributed by atoms with Crippen molar-refractivity contribution >= 4 is 8.32 Å². The first-order chi connectivity index (χ1) is 10.3. The summed E-state index contributed by atoms with van der Waals surface area (Å²) in [4.78, 5) is 8.72. The Morgan fingerprint density at radius 3 is 2.41 bits per heavy atom. The Balaban J connectivity index is 2.40. The normalized spacial score (nSPS) is 13.9. The lowest BCUT2D eigenvalue weighted by Gasteiger charge is -2.31. The average molecular weight is 310 g/mol. The van der Waals surface area contributed by atoms with Gasteiger partial charge in [-0.15, -0.1) is 0 Å². The molecule has 2 aromatic heterocycles. The maximum absolute atomic E-state index is 6.34. The van der Waals surface area contributed by atoms with Crippen molar-refractivity contribution in [2.75, 3.05) is 0 Å². The first-order valence-electron chi connectivity index (χ1n) is 7.36. The molecular weight excluding hydrogens is 288 g/mol. The molecule has 0 radical (unpaired) electrons. The van der Waals surface area contributed by atoms with Crippen LogP contribution >= 0.6 is 0 Å². The van der Waals surface area contributed by atoms with Crippen LogP contribution in [0.1, 0.15) is 23.9 Å². The summed E-state index contributed by atoms with van der Waals surface area (Å²) in [6, 6.07) is 9.76. The molecule has 0 aromatic carbocycles. The van der Waals surface area contributed by atoms with Gasteiger partial charge in [-0.2, -0.15) is 0 Å². The molecule has 22 heavy (non-hydrogen) atoms. The van der Waals surface area contributed by atoms with Crippen LogP contribution in [-0.4, -0.2) is 18.3 Å². The zero-order valence-corrected chi connectivity index (χ0v) is 14.8. The molecule has 2 heterocycles. The van der Waals surface area contributed by atoms with Crippen LogP contribution in [-0.2, 0) is 10.0 Å². The van der Waals surface area contributed by atoms with E-state index in [-0.39, 0.29) is 0 Å². The summed E-state index contributed by atoms with van der Waals surface area (Å²) in [5, 5.41) is 0. The second-order valence-electron chi connectivity index (χ2n) is 6.40. The van der Waals surface area contributed by atoms with Crippen LogP contribution in [0.4, 0.5) is 0 Å². The standard InChI is InChI=1S/C18H22N2OSi/c1-15-9-10-16(14-20-15)11-12-18(2,21-22(3,4)5)17-8-6-7-13-19-17/h6-10,13-14H,1-5H3. The molecule has 0 fully saturated rings. The van der Waals surface area contributed by atoms with E-state index < -0.39 is 13.9 Å². The highest BCUT2D eigenvalue weighted by Crippen LogP contribution is 2.27. The molecule has 4 heteroatoms. The fourth-order valence-corrected chi connectivity index (χ4v) is 3.51. The zero-order valence-electron chi connectivity index (χ0n) is 13.8.